The summed E-state index contributed by atoms with van der Waals surface area (Å²) in [6.45, 7) is 9.02. The number of esters is 1. The van der Waals surface area contributed by atoms with Crippen molar-refractivity contribution < 1.29 is 33.8 Å². The number of ether oxygens (including phenoxy) is 2. The van der Waals surface area contributed by atoms with Crippen LogP contribution in [0.5, 0.6) is 0 Å². The lowest BCUT2D eigenvalue weighted by Gasteiger charge is -2.38. The maximum Gasteiger partial charge on any atom is 0.313 e. The molecule has 10 nitrogen and oxygen atoms in total. The number of rotatable bonds is 14. The fourth-order valence-electron chi connectivity index (χ4n) is 7.76. The third-order valence-corrected chi connectivity index (χ3v) is 10.9. The molecule has 11 heteroatoms. The summed E-state index contributed by atoms with van der Waals surface area (Å²) < 4.78 is 12.8. The lowest BCUT2D eigenvalue weighted by atomic mass is 9.70. The molecule has 3 aromatic carbocycles. The van der Waals surface area contributed by atoms with Crippen LogP contribution >= 0.6 is 15.9 Å². The highest BCUT2D eigenvalue weighted by Gasteiger charge is 2.77. The number of fused-ring (bicyclic) bond motifs is 2. The molecule has 3 aliphatic rings. The smallest absolute Gasteiger partial charge is 0.313 e. The first-order chi connectivity index (χ1) is 24.1. The number of alkyl halides is 1. The quantitative estimate of drug-likeness (QED) is 0.137. The molecule has 3 saturated heterocycles. The molecule has 1 unspecified atom stereocenters. The van der Waals surface area contributed by atoms with Gasteiger partial charge in [0.05, 0.1) is 37.1 Å². The van der Waals surface area contributed by atoms with Gasteiger partial charge in [-0.25, -0.2) is 0 Å². The molecule has 262 valence electrons. The number of allylic oxidation sites excluding steroid dienone is 1. The van der Waals surface area contributed by atoms with E-state index in [9.17, 15) is 24.3 Å². The fraction of sp³-hybridized carbons (Fsp3) is 0.385. The number of likely N-dealkylation sites (tertiary alicyclic amines) is 1. The molecule has 3 heterocycles. The largest absolute Gasteiger partial charge is 0.455 e. The molecule has 3 aromatic rings. The van der Waals surface area contributed by atoms with Crippen molar-refractivity contribution in [2.45, 2.75) is 60.9 Å². The molecular formula is C39H42BrN3O7. The number of halogens is 1. The van der Waals surface area contributed by atoms with Crippen LogP contribution in [-0.4, -0.2) is 82.0 Å². The van der Waals surface area contributed by atoms with Crippen molar-refractivity contribution in [2.75, 3.05) is 24.6 Å². The Morgan fingerprint density at radius 2 is 1.82 bits per heavy atom. The summed E-state index contributed by atoms with van der Waals surface area (Å²) in [5.41, 5.74) is -0.0644. The zero-order valence-electron chi connectivity index (χ0n) is 28.0. The third-order valence-electron chi connectivity index (χ3n) is 10.1. The molecule has 3 amide bonds. The van der Waals surface area contributed by atoms with Crippen LogP contribution in [0.2, 0.25) is 0 Å². The van der Waals surface area contributed by atoms with Crippen molar-refractivity contribution in [1.82, 2.24) is 10.2 Å². The highest BCUT2D eigenvalue weighted by atomic mass is 79.9. The van der Waals surface area contributed by atoms with Crippen molar-refractivity contribution in [3.05, 3.63) is 104 Å². The van der Waals surface area contributed by atoms with Gasteiger partial charge >= 0.3 is 5.97 Å². The first-order valence-corrected chi connectivity index (χ1v) is 17.9. The lowest BCUT2D eigenvalue weighted by Crippen LogP contribution is -2.58. The first-order valence-electron chi connectivity index (χ1n) is 16.9. The van der Waals surface area contributed by atoms with E-state index in [1.54, 1.807) is 36.1 Å². The topological polar surface area (TPSA) is 125 Å². The van der Waals surface area contributed by atoms with Gasteiger partial charge in [0.15, 0.2) is 0 Å². The van der Waals surface area contributed by atoms with Gasteiger partial charge in [0.1, 0.15) is 17.7 Å². The summed E-state index contributed by atoms with van der Waals surface area (Å²) in [7, 11) is 0. The van der Waals surface area contributed by atoms with E-state index < -0.39 is 66.1 Å². The average Bonchev–Trinajstić information content (AvgIpc) is 3.73. The number of nitrogens with one attached hydrogen (secondary N) is 1. The van der Waals surface area contributed by atoms with Crippen LogP contribution in [0.1, 0.15) is 37.9 Å². The van der Waals surface area contributed by atoms with Gasteiger partial charge in [-0.2, -0.15) is 0 Å². The van der Waals surface area contributed by atoms with Gasteiger partial charge in [-0.1, -0.05) is 88.7 Å². The minimum Gasteiger partial charge on any atom is -0.455 e. The molecule has 3 aliphatic heterocycles. The summed E-state index contributed by atoms with van der Waals surface area (Å²) in [6.07, 6.45) is 2.76. The SMILES string of the molecule is C=CCCC(=O)NC[C@H](OC(=O)[C@@H]1[C@H]2O[C@@]3(CC2Br)[C@H](C(=O)N(CC=C)c2ccc4ccccc4c2)N([C@H](C)CO)C(=O)[C@@H]13)c1ccccc1. The number of nitrogens with zero attached hydrogens (tertiary/aromatic N) is 2. The molecule has 0 aromatic heterocycles. The molecular weight excluding hydrogens is 702 g/mol. The van der Waals surface area contributed by atoms with Gasteiger partial charge < -0.3 is 29.7 Å². The maximum absolute atomic E-state index is 14.9. The number of amides is 3. The van der Waals surface area contributed by atoms with Gasteiger partial charge in [-0.3, -0.25) is 19.2 Å². The molecule has 50 heavy (non-hydrogen) atoms. The highest BCUT2D eigenvalue weighted by Crippen LogP contribution is 2.61. The van der Waals surface area contributed by atoms with E-state index in [1.165, 1.54) is 4.90 Å². The van der Waals surface area contributed by atoms with Crippen LogP contribution in [0.4, 0.5) is 5.69 Å². The summed E-state index contributed by atoms with van der Waals surface area (Å²) in [5.74, 6) is -3.77. The molecule has 1 spiro atoms. The Labute approximate surface area is 300 Å². The van der Waals surface area contributed by atoms with E-state index in [-0.39, 0.29) is 30.2 Å². The van der Waals surface area contributed by atoms with E-state index >= 15 is 0 Å². The number of hydrogen-bond donors (Lipinski definition) is 2. The van der Waals surface area contributed by atoms with Gasteiger partial charge in [-0.05, 0) is 48.2 Å². The Morgan fingerprint density at radius 3 is 2.52 bits per heavy atom. The Morgan fingerprint density at radius 1 is 1.10 bits per heavy atom. The standard InChI is InChI=1S/C39H42BrN3O7/c1-4-6-16-31(45)41-22-30(26-13-8-7-9-14-26)49-38(48)32-33-36(46)43(24(3)23-44)35(39(33)21-29(40)34(32)50-39)37(47)42(19-5-2)28-18-17-25-12-10-11-15-27(25)20-28/h4-5,7-15,17-18,20,24,29-30,32-35,44H,1-2,6,16,19,21-23H2,3H3,(H,41,45)/t24-,29?,30+,32+,33-,34+,35+,39-/m1/s1. The second kappa shape index (κ2) is 14.9. The second-order valence-electron chi connectivity index (χ2n) is 13.2. The molecule has 0 aliphatic carbocycles. The van der Waals surface area contributed by atoms with E-state index in [0.717, 1.165) is 10.8 Å². The molecule has 8 atom stereocenters. The predicted octanol–water partition coefficient (Wildman–Crippen LogP) is 4.85. The molecule has 2 bridgehead atoms. The molecule has 6 rings (SSSR count). The van der Waals surface area contributed by atoms with Crippen molar-refractivity contribution in [3.8, 4) is 0 Å². The van der Waals surface area contributed by atoms with Crippen LogP contribution in [0.3, 0.4) is 0 Å². The zero-order chi connectivity index (χ0) is 35.6. The van der Waals surface area contributed by atoms with Crippen LogP contribution in [-0.2, 0) is 28.7 Å². The molecule has 0 radical (unpaired) electrons. The summed E-state index contributed by atoms with van der Waals surface area (Å²) in [5, 5.41) is 15.1. The number of hydrogen-bond acceptors (Lipinski definition) is 7. The van der Waals surface area contributed by atoms with Crippen molar-refractivity contribution >= 4 is 56.1 Å². The van der Waals surface area contributed by atoms with Crippen LogP contribution in [0, 0.1) is 11.8 Å². The monoisotopic (exact) mass is 743 g/mol. The highest BCUT2D eigenvalue weighted by molar-refractivity contribution is 9.09. The number of carbonyl (C=O) groups excluding carboxylic acids is 4. The first kappa shape index (κ1) is 35.5. The van der Waals surface area contributed by atoms with E-state index in [2.05, 4.69) is 34.4 Å². The van der Waals surface area contributed by atoms with Crippen molar-refractivity contribution in [3.63, 3.8) is 0 Å². The Kier molecular flexibility index (Phi) is 10.6. The normalized spacial score (nSPS) is 26.3. The van der Waals surface area contributed by atoms with Crippen molar-refractivity contribution in [2.24, 2.45) is 11.8 Å². The van der Waals surface area contributed by atoms with Crippen LogP contribution < -0.4 is 10.2 Å². The third kappa shape index (κ3) is 6.38. The summed E-state index contributed by atoms with van der Waals surface area (Å²) >= 11 is 3.71. The number of anilines is 1. The van der Waals surface area contributed by atoms with E-state index in [1.807, 2.05) is 60.7 Å². The van der Waals surface area contributed by atoms with Gasteiger partial charge in [0.2, 0.25) is 11.8 Å². The summed E-state index contributed by atoms with van der Waals surface area (Å²) in [6, 6.07) is 20.7. The molecule has 2 N–H and O–H groups in total. The van der Waals surface area contributed by atoms with Gasteiger partial charge in [-0.15, -0.1) is 13.2 Å². The number of carbonyl (C=O) groups is 4. The number of benzene rings is 3. The minimum absolute atomic E-state index is 0.0303. The Hall–Kier alpha value is -4.32. The number of aliphatic hydroxyl groups is 1. The fourth-order valence-corrected chi connectivity index (χ4v) is 8.71. The average molecular weight is 745 g/mol. The minimum atomic E-state index is -1.36. The second-order valence-corrected chi connectivity index (χ2v) is 14.4. The maximum atomic E-state index is 14.9. The lowest BCUT2D eigenvalue weighted by molar-refractivity contribution is -0.160. The van der Waals surface area contributed by atoms with Gasteiger partial charge in [0, 0.05) is 23.5 Å². The van der Waals surface area contributed by atoms with Crippen LogP contribution in [0.25, 0.3) is 10.8 Å². The Balaban J connectivity index is 1.34. The molecule has 3 fully saturated rings. The summed E-state index contributed by atoms with van der Waals surface area (Å²) in [4.78, 5) is 58.8. The van der Waals surface area contributed by atoms with E-state index in [0.29, 0.717) is 24.1 Å². The zero-order valence-corrected chi connectivity index (χ0v) is 29.5. The Bertz CT molecular complexity index is 1790. The number of aliphatic hydroxyl groups excluding tert-OH is 1. The predicted molar refractivity (Wildman–Crippen MR) is 193 cm³/mol. The van der Waals surface area contributed by atoms with E-state index in [4.69, 9.17) is 9.47 Å². The van der Waals surface area contributed by atoms with Crippen LogP contribution in [0.15, 0.2) is 98.1 Å². The van der Waals surface area contributed by atoms with Crippen molar-refractivity contribution in [1.29, 1.82) is 0 Å². The molecule has 0 saturated carbocycles. The van der Waals surface area contributed by atoms with Gasteiger partial charge in [0.25, 0.3) is 5.91 Å².